The first-order chi connectivity index (χ1) is 5.31. The van der Waals surface area contributed by atoms with Gasteiger partial charge in [-0.3, -0.25) is 0 Å². The van der Waals surface area contributed by atoms with E-state index < -0.39 is 0 Å². The molecule has 0 aliphatic rings. The van der Waals surface area contributed by atoms with E-state index in [0.29, 0.717) is 0 Å². The number of rotatable bonds is 7. The second kappa shape index (κ2) is 7.80. The quantitative estimate of drug-likeness (QED) is 0.440. The molecule has 0 saturated heterocycles. The molecule has 1 atom stereocenters. The lowest BCUT2D eigenvalue weighted by molar-refractivity contribution is 0.479. The Kier molecular flexibility index (Phi) is 7.59. The first-order valence-corrected chi connectivity index (χ1v) is 4.62. The van der Waals surface area contributed by atoms with Crippen LogP contribution in [0, 0.1) is 5.92 Å². The maximum Gasteiger partial charge on any atom is -0.00143 e. The lowest BCUT2D eigenvalue weighted by Gasteiger charge is -2.09. The summed E-state index contributed by atoms with van der Waals surface area (Å²) >= 11 is 0. The molecule has 1 heteroatoms. The van der Waals surface area contributed by atoms with E-state index in [9.17, 15) is 0 Å². The van der Waals surface area contributed by atoms with Gasteiger partial charge in [0.05, 0.1) is 0 Å². The third-order valence-electron chi connectivity index (χ3n) is 1.80. The van der Waals surface area contributed by atoms with Gasteiger partial charge in [-0.25, -0.2) is 0 Å². The predicted octanol–water partition coefficient (Wildman–Crippen LogP) is 2.59. The van der Waals surface area contributed by atoms with Crippen molar-refractivity contribution >= 4 is 0 Å². The van der Waals surface area contributed by atoms with Gasteiger partial charge in [-0.2, -0.15) is 0 Å². The first kappa shape index (κ1) is 10.7. The predicted molar refractivity (Wildman–Crippen MR) is 51.8 cm³/mol. The molecule has 0 rings (SSSR count). The van der Waals surface area contributed by atoms with Crippen molar-refractivity contribution in [3.8, 4) is 0 Å². The van der Waals surface area contributed by atoms with Crippen LogP contribution in [0.25, 0.3) is 0 Å². The Balaban J connectivity index is 3.03. The van der Waals surface area contributed by atoms with Crippen molar-refractivity contribution in [3.05, 3.63) is 12.7 Å². The summed E-state index contributed by atoms with van der Waals surface area (Å²) in [4.78, 5) is 0. The van der Waals surface area contributed by atoms with Gasteiger partial charge in [-0.1, -0.05) is 26.3 Å². The third kappa shape index (κ3) is 7.60. The Morgan fingerprint density at radius 2 is 2.27 bits per heavy atom. The molecule has 0 spiro atoms. The highest BCUT2D eigenvalue weighted by molar-refractivity contribution is 4.68. The van der Waals surface area contributed by atoms with Crippen molar-refractivity contribution in [2.24, 2.45) is 5.92 Å². The summed E-state index contributed by atoms with van der Waals surface area (Å²) in [5, 5.41) is 3.40. The van der Waals surface area contributed by atoms with Gasteiger partial charge in [-0.15, -0.1) is 6.58 Å². The van der Waals surface area contributed by atoms with Crippen molar-refractivity contribution in [1.82, 2.24) is 5.32 Å². The Morgan fingerprint density at radius 3 is 2.82 bits per heavy atom. The molecule has 1 unspecified atom stereocenters. The molecule has 0 fully saturated rings. The van der Waals surface area contributed by atoms with Crippen LogP contribution >= 0.6 is 0 Å². The fourth-order valence-corrected chi connectivity index (χ4v) is 1.15. The number of nitrogens with one attached hydrogen (secondary N) is 1. The molecular weight excluding hydrogens is 134 g/mol. The molecule has 0 heterocycles. The SMILES string of the molecule is C=CCCNCC(C)CCC. The van der Waals surface area contributed by atoms with Crippen LogP contribution < -0.4 is 5.32 Å². The minimum atomic E-state index is 0.824. The first-order valence-electron chi connectivity index (χ1n) is 4.62. The molecule has 1 nitrogen and oxygen atoms in total. The normalized spacial score (nSPS) is 12.9. The van der Waals surface area contributed by atoms with Gasteiger partial charge in [0.25, 0.3) is 0 Å². The molecule has 0 saturated carbocycles. The number of hydrogen-bond acceptors (Lipinski definition) is 1. The molecule has 0 amide bonds. The highest BCUT2D eigenvalue weighted by atomic mass is 14.8. The molecule has 66 valence electrons. The monoisotopic (exact) mass is 155 g/mol. The molecule has 0 bridgehead atoms. The second-order valence-electron chi connectivity index (χ2n) is 3.18. The van der Waals surface area contributed by atoms with E-state index in [2.05, 4.69) is 25.7 Å². The molecule has 0 aliphatic carbocycles. The lowest BCUT2D eigenvalue weighted by atomic mass is 10.1. The van der Waals surface area contributed by atoms with Gasteiger partial charge in [0.15, 0.2) is 0 Å². The van der Waals surface area contributed by atoms with Gasteiger partial charge < -0.3 is 5.32 Å². The maximum atomic E-state index is 3.67. The van der Waals surface area contributed by atoms with Crippen LogP contribution in [-0.4, -0.2) is 13.1 Å². The summed E-state index contributed by atoms with van der Waals surface area (Å²) in [5.41, 5.74) is 0. The van der Waals surface area contributed by atoms with Gasteiger partial charge in [0.2, 0.25) is 0 Å². The van der Waals surface area contributed by atoms with Crippen LogP contribution in [0.3, 0.4) is 0 Å². The van der Waals surface area contributed by atoms with E-state index in [0.717, 1.165) is 25.4 Å². The van der Waals surface area contributed by atoms with Crippen molar-refractivity contribution in [2.45, 2.75) is 33.1 Å². The Bertz CT molecular complexity index is 88.9. The Hall–Kier alpha value is -0.300. The van der Waals surface area contributed by atoms with Crippen LogP contribution in [0.1, 0.15) is 33.1 Å². The fraction of sp³-hybridized carbons (Fsp3) is 0.800. The van der Waals surface area contributed by atoms with Crippen LogP contribution in [0.5, 0.6) is 0 Å². The highest BCUT2D eigenvalue weighted by Gasteiger charge is 1.97. The zero-order chi connectivity index (χ0) is 8.53. The molecule has 0 aromatic carbocycles. The van der Waals surface area contributed by atoms with Gasteiger partial charge in [0.1, 0.15) is 0 Å². The van der Waals surface area contributed by atoms with E-state index in [1.165, 1.54) is 12.8 Å². The minimum absolute atomic E-state index is 0.824. The van der Waals surface area contributed by atoms with Crippen LogP contribution in [0.2, 0.25) is 0 Å². The van der Waals surface area contributed by atoms with E-state index in [1.807, 2.05) is 6.08 Å². The topological polar surface area (TPSA) is 12.0 Å². The molecule has 0 aromatic rings. The second-order valence-corrected chi connectivity index (χ2v) is 3.18. The average molecular weight is 155 g/mol. The summed E-state index contributed by atoms with van der Waals surface area (Å²) in [6.07, 6.45) is 5.67. The Morgan fingerprint density at radius 1 is 1.55 bits per heavy atom. The summed E-state index contributed by atoms with van der Waals surface area (Å²) in [5.74, 6) is 0.824. The molecule has 0 aromatic heterocycles. The molecule has 0 aliphatic heterocycles. The Labute approximate surface area is 70.9 Å². The van der Waals surface area contributed by atoms with Gasteiger partial charge in [0, 0.05) is 0 Å². The van der Waals surface area contributed by atoms with E-state index in [1.54, 1.807) is 0 Å². The summed E-state index contributed by atoms with van der Waals surface area (Å²) in [6.45, 7) is 10.4. The lowest BCUT2D eigenvalue weighted by Crippen LogP contribution is -2.21. The van der Waals surface area contributed by atoms with E-state index >= 15 is 0 Å². The standard InChI is InChI=1S/C10H21N/c1-4-6-8-11-9-10(3)7-5-2/h4,10-11H,1,5-9H2,2-3H3. The summed E-state index contributed by atoms with van der Waals surface area (Å²) in [7, 11) is 0. The molecule has 1 N–H and O–H groups in total. The number of hydrogen-bond donors (Lipinski definition) is 1. The minimum Gasteiger partial charge on any atom is -0.316 e. The molecule has 0 radical (unpaired) electrons. The molecular formula is C10H21N. The highest BCUT2D eigenvalue weighted by Crippen LogP contribution is 2.02. The summed E-state index contributed by atoms with van der Waals surface area (Å²) < 4.78 is 0. The fourth-order valence-electron chi connectivity index (χ4n) is 1.15. The van der Waals surface area contributed by atoms with Crippen molar-refractivity contribution < 1.29 is 0 Å². The van der Waals surface area contributed by atoms with Gasteiger partial charge >= 0.3 is 0 Å². The van der Waals surface area contributed by atoms with Crippen molar-refractivity contribution in [3.63, 3.8) is 0 Å². The summed E-state index contributed by atoms with van der Waals surface area (Å²) in [6, 6.07) is 0. The van der Waals surface area contributed by atoms with Crippen LogP contribution in [0.15, 0.2) is 12.7 Å². The van der Waals surface area contributed by atoms with E-state index in [-0.39, 0.29) is 0 Å². The maximum absolute atomic E-state index is 3.67. The average Bonchev–Trinajstić information content (AvgIpc) is 1.99. The van der Waals surface area contributed by atoms with Gasteiger partial charge in [-0.05, 0) is 31.8 Å². The largest absolute Gasteiger partial charge is 0.316 e. The smallest absolute Gasteiger partial charge is 0.00143 e. The van der Waals surface area contributed by atoms with Crippen molar-refractivity contribution in [1.29, 1.82) is 0 Å². The van der Waals surface area contributed by atoms with Crippen LogP contribution in [-0.2, 0) is 0 Å². The molecule has 11 heavy (non-hydrogen) atoms. The van der Waals surface area contributed by atoms with Crippen LogP contribution in [0.4, 0.5) is 0 Å². The van der Waals surface area contributed by atoms with E-state index in [4.69, 9.17) is 0 Å². The zero-order valence-electron chi connectivity index (χ0n) is 7.90. The van der Waals surface area contributed by atoms with Crippen molar-refractivity contribution in [2.75, 3.05) is 13.1 Å². The third-order valence-corrected chi connectivity index (χ3v) is 1.80. The zero-order valence-corrected chi connectivity index (χ0v) is 7.90.